The maximum absolute atomic E-state index is 13.0. The molecule has 0 saturated carbocycles. The van der Waals surface area contributed by atoms with Crippen molar-refractivity contribution in [3.05, 3.63) is 101 Å². The minimum absolute atomic E-state index is 0.0953. The number of nitrogens with one attached hydrogen (secondary N) is 2. The van der Waals surface area contributed by atoms with Crippen molar-refractivity contribution in [3.8, 4) is 0 Å². The van der Waals surface area contributed by atoms with Crippen molar-refractivity contribution in [1.82, 2.24) is 10.0 Å². The van der Waals surface area contributed by atoms with Crippen LogP contribution in [0.25, 0.3) is 0 Å². The molecule has 4 rings (SSSR count). The van der Waals surface area contributed by atoms with Crippen molar-refractivity contribution in [2.75, 3.05) is 0 Å². The van der Waals surface area contributed by atoms with Crippen molar-refractivity contribution in [1.29, 1.82) is 0 Å². The molecule has 1 amide bonds. The highest BCUT2D eigenvalue weighted by Gasteiger charge is 2.26. The molecule has 0 fully saturated rings. The van der Waals surface area contributed by atoms with E-state index in [1.54, 1.807) is 12.1 Å². The minimum Gasteiger partial charge on any atom is -0.348 e. The molecule has 0 aromatic heterocycles. The Kier molecular flexibility index (Phi) is 5.97. The molecule has 0 aliphatic heterocycles. The van der Waals surface area contributed by atoms with Crippen LogP contribution in [0.5, 0.6) is 0 Å². The zero-order valence-electron chi connectivity index (χ0n) is 16.5. The number of carbonyl (C=O) groups excluding carboxylic acids is 1. The highest BCUT2D eigenvalue weighted by Crippen LogP contribution is 2.30. The fraction of sp³-hybridized carbons (Fsp3) is 0.208. The van der Waals surface area contributed by atoms with Crippen LogP contribution in [-0.4, -0.2) is 14.3 Å². The molecule has 154 valence electrons. The first kappa shape index (κ1) is 20.3. The first-order valence-corrected chi connectivity index (χ1v) is 11.5. The van der Waals surface area contributed by atoms with E-state index < -0.39 is 10.0 Å². The number of carbonyl (C=O) groups is 1. The van der Waals surface area contributed by atoms with E-state index in [4.69, 9.17) is 0 Å². The van der Waals surface area contributed by atoms with E-state index in [1.807, 2.05) is 54.6 Å². The number of benzene rings is 3. The Hall–Kier alpha value is -2.96. The van der Waals surface area contributed by atoms with E-state index in [9.17, 15) is 13.2 Å². The SMILES string of the molecule is O=C(NCc1ccccc1)c1cccc(S(=O)(=O)NC2CCCc3ccccc32)c1. The van der Waals surface area contributed by atoms with Crippen molar-refractivity contribution in [2.24, 2.45) is 0 Å². The van der Waals surface area contributed by atoms with Gasteiger partial charge in [-0.1, -0.05) is 60.7 Å². The molecule has 0 heterocycles. The van der Waals surface area contributed by atoms with Crippen LogP contribution >= 0.6 is 0 Å². The van der Waals surface area contributed by atoms with Gasteiger partial charge in [-0.2, -0.15) is 0 Å². The molecule has 1 aliphatic carbocycles. The lowest BCUT2D eigenvalue weighted by Gasteiger charge is -2.26. The Morgan fingerprint density at radius 3 is 2.53 bits per heavy atom. The van der Waals surface area contributed by atoms with E-state index in [-0.39, 0.29) is 16.8 Å². The Labute approximate surface area is 177 Å². The van der Waals surface area contributed by atoms with Crippen LogP contribution in [0.3, 0.4) is 0 Å². The van der Waals surface area contributed by atoms with Gasteiger partial charge in [-0.3, -0.25) is 4.79 Å². The van der Waals surface area contributed by atoms with Gasteiger partial charge < -0.3 is 5.32 Å². The van der Waals surface area contributed by atoms with Gasteiger partial charge in [0.05, 0.1) is 4.90 Å². The lowest BCUT2D eigenvalue weighted by molar-refractivity contribution is 0.0950. The fourth-order valence-corrected chi connectivity index (χ4v) is 5.11. The van der Waals surface area contributed by atoms with E-state index in [0.29, 0.717) is 12.1 Å². The lowest BCUT2D eigenvalue weighted by atomic mass is 9.88. The third-order valence-corrected chi connectivity index (χ3v) is 6.84. The molecule has 2 N–H and O–H groups in total. The lowest BCUT2D eigenvalue weighted by Crippen LogP contribution is -2.31. The molecule has 0 radical (unpaired) electrons. The van der Waals surface area contributed by atoms with Crippen molar-refractivity contribution >= 4 is 15.9 Å². The molecule has 1 atom stereocenters. The van der Waals surface area contributed by atoms with Crippen LogP contribution in [0, 0.1) is 0 Å². The summed E-state index contributed by atoms with van der Waals surface area (Å²) in [6.07, 6.45) is 2.66. The normalized spacial score (nSPS) is 15.9. The van der Waals surface area contributed by atoms with Crippen LogP contribution in [0.2, 0.25) is 0 Å². The Balaban J connectivity index is 1.49. The number of fused-ring (bicyclic) bond motifs is 1. The summed E-state index contributed by atoms with van der Waals surface area (Å²) in [4.78, 5) is 12.6. The minimum atomic E-state index is -3.76. The van der Waals surface area contributed by atoms with Gasteiger partial charge in [0.2, 0.25) is 10.0 Å². The summed E-state index contributed by atoms with van der Waals surface area (Å²) in [5.74, 6) is -0.307. The topological polar surface area (TPSA) is 75.3 Å². The predicted octanol–water partition coefficient (Wildman–Crippen LogP) is 3.97. The van der Waals surface area contributed by atoms with Crippen LogP contribution < -0.4 is 10.0 Å². The summed E-state index contributed by atoms with van der Waals surface area (Å²) >= 11 is 0. The summed E-state index contributed by atoms with van der Waals surface area (Å²) in [6.45, 7) is 0.383. The monoisotopic (exact) mass is 420 g/mol. The number of amides is 1. The quantitative estimate of drug-likeness (QED) is 0.634. The zero-order chi connectivity index (χ0) is 21.0. The van der Waals surface area contributed by atoms with Crippen LogP contribution in [-0.2, 0) is 23.0 Å². The van der Waals surface area contributed by atoms with Crippen molar-refractivity contribution in [3.63, 3.8) is 0 Å². The van der Waals surface area contributed by atoms with Gasteiger partial charge in [0.15, 0.2) is 0 Å². The largest absolute Gasteiger partial charge is 0.348 e. The molecule has 3 aromatic carbocycles. The number of rotatable bonds is 6. The first-order chi connectivity index (χ1) is 14.5. The maximum atomic E-state index is 13.0. The molecule has 6 heteroatoms. The van der Waals surface area contributed by atoms with Gasteiger partial charge in [-0.05, 0) is 54.2 Å². The van der Waals surface area contributed by atoms with E-state index in [1.165, 1.54) is 17.7 Å². The molecule has 3 aromatic rings. The number of aryl methyl sites for hydroxylation is 1. The van der Waals surface area contributed by atoms with Gasteiger partial charge in [0, 0.05) is 18.2 Å². The molecule has 5 nitrogen and oxygen atoms in total. The van der Waals surface area contributed by atoms with Crippen LogP contribution in [0.15, 0.2) is 83.8 Å². The Morgan fingerprint density at radius 1 is 0.933 bits per heavy atom. The molecule has 1 unspecified atom stereocenters. The summed E-state index contributed by atoms with van der Waals surface area (Å²) in [6, 6.07) is 23.4. The summed E-state index contributed by atoms with van der Waals surface area (Å²) in [5, 5.41) is 2.83. The van der Waals surface area contributed by atoms with E-state index in [0.717, 1.165) is 30.4 Å². The number of hydrogen-bond donors (Lipinski definition) is 2. The molecular weight excluding hydrogens is 396 g/mol. The highest BCUT2D eigenvalue weighted by atomic mass is 32.2. The second kappa shape index (κ2) is 8.81. The predicted molar refractivity (Wildman–Crippen MR) is 116 cm³/mol. The van der Waals surface area contributed by atoms with Crippen LogP contribution in [0.1, 0.15) is 45.9 Å². The van der Waals surface area contributed by atoms with Gasteiger partial charge in [-0.15, -0.1) is 0 Å². The van der Waals surface area contributed by atoms with Crippen LogP contribution in [0.4, 0.5) is 0 Å². The third-order valence-electron chi connectivity index (χ3n) is 5.37. The smallest absolute Gasteiger partial charge is 0.251 e. The molecular formula is C24H24N2O3S. The maximum Gasteiger partial charge on any atom is 0.251 e. The molecule has 1 aliphatic rings. The molecule has 0 bridgehead atoms. The van der Waals surface area contributed by atoms with Gasteiger partial charge in [0.1, 0.15) is 0 Å². The van der Waals surface area contributed by atoms with Crippen molar-refractivity contribution in [2.45, 2.75) is 36.7 Å². The average Bonchev–Trinajstić information content (AvgIpc) is 2.78. The second-order valence-corrected chi connectivity index (χ2v) is 9.18. The summed E-state index contributed by atoms with van der Waals surface area (Å²) < 4.78 is 28.9. The molecule has 0 saturated heterocycles. The van der Waals surface area contributed by atoms with E-state index >= 15 is 0 Å². The summed E-state index contributed by atoms with van der Waals surface area (Å²) in [5.41, 5.74) is 3.51. The second-order valence-electron chi connectivity index (χ2n) is 7.46. The Bertz CT molecular complexity index is 1140. The third kappa shape index (κ3) is 4.61. The van der Waals surface area contributed by atoms with Crippen molar-refractivity contribution < 1.29 is 13.2 Å². The summed E-state index contributed by atoms with van der Waals surface area (Å²) in [7, 11) is -3.76. The Morgan fingerprint density at radius 2 is 1.70 bits per heavy atom. The van der Waals surface area contributed by atoms with Gasteiger partial charge in [-0.25, -0.2) is 13.1 Å². The fourth-order valence-electron chi connectivity index (χ4n) is 3.82. The molecule has 0 spiro atoms. The highest BCUT2D eigenvalue weighted by molar-refractivity contribution is 7.89. The van der Waals surface area contributed by atoms with Gasteiger partial charge >= 0.3 is 0 Å². The van der Waals surface area contributed by atoms with Gasteiger partial charge in [0.25, 0.3) is 5.91 Å². The average molecular weight is 421 g/mol. The zero-order valence-corrected chi connectivity index (χ0v) is 17.4. The number of sulfonamides is 1. The number of hydrogen-bond acceptors (Lipinski definition) is 3. The van der Waals surface area contributed by atoms with E-state index in [2.05, 4.69) is 10.0 Å². The molecule has 30 heavy (non-hydrogen) atoms. The standard InChI is InChI=1S/C24H24N2O3S/c27-24(25-17-18-8-2-1-3-9-18)20-12-6-13-21(16-20)30(28,29)26-23-15-7-11-19-10-4-5-14-22(19)23/h1-6,8-10,12-14,16,23,26H,7,11,15,17H2,(H,25,27). The first-order valence-electron chi connectivity index (χ1n) is 10.1.